The van der Waals surface area contributed by atoms with Crippen LogP contribution in [0.2, 0.25) is 0 Å². The van der Waals surface area contributed by atoms with Crippen molar-refractivity contribution in [2.24, 2.45) is 0 Å². The highest BCUT2D eigenvalue weighted by Crippen LogP contribution is 2.16. The molecule has 0 aliphatic rings. The van der Waals surface area contributed by atoms with Crippen LogP contribution >= 0.6 is 11.3 Å². The van der Waals surface area contributed by atoms with Gasteiger partial charge in [0, 0.05) is 17.5 Å². The number of rotatable bonds is 7. The summed E-state index contributed by atoms with van der Waals surface area (Å²) in [7, 11) is 0. The number of carboxylic acids is 1. The third-order valence-electron chi connectivity index (χ3n) is 2.51. The fraction of sp³-hybridized carbons (Fsp3) is 0.286. The Hall–Kier alpha value is -1.88. The van der Waals surface area contributed by atoms with Crippen LogP contribution in [0.1, 0.15) is 16.3 Å². The van der Waals surface area contributed by atoms with Crippen LogP contribution in [-0.4, -0.2) is 22.7 Å². The van der Waals surface area contributed by atoms with Gasteiger partial charge in [-0.2, -0.15) is 0 Å². The number of benzene rings is 1. The first kappa shape index (κ1) is 13.5. The van der Waals surface area contributed by atoms with E-state index in [4.69, 9.17) is 9.84 Å². The first-order chi connectivity index (χ1) is 9.24. The largest absolute Gasteiger partial charge is 0.493 e. The highest BCUT2D eigenvalue weighted by Gasteiger charge is 2.05. The van der Waals surface area contributed by atoms with Crippen molar-refractivity contribution in [2.75, 3.05) is 6.61 Å². The van der Waals surface area contributed by atoms with Crippen LogP contribution < -0.4 is 4.74 Å². The Morgan fingerprint density at radius 1 is 1.26 bits per heavy atom. The number of ether oxygens (including phenoxy) is 1. The van der Waals surface area contributed by atoms with Gasteiger partial charge in [0.2, 0.25) is 0 Å². The van der Waals surface area contributed by atoms with E-state index in [0.29, 0.717) is 13.0 Å². The van der Waals surface area contributed by atoms with Gasteiger partial charge in [-0.25, -0.2) is 4.98 Å². The Labute approximate surface area is 115 Å². The molecule has 1 N–H and O–H groups in total. The maximum atomic E-state index is 10.5. The summed E-state index contributed by atoms with van der Waals surface area (Å²) in [5, 5.41) is 9.60. The molecule has 1 aromatic heterocycles. The minimum atomic E-state index is -0.776. The number of thiazole rings is 1. The number of aliphatic carboxylic acids is 1. The summed E-state index contributed by atoms with van der Waals surface area (Å²) in [5.41, 5.74) is 0. The van der Waals surface area contributed by atoms with Crippen LogP contribution in [-0.2, 0) is 17.6 Å². The molecule has 2 aromatic rings. The summed E-state index contributed by atoms with van der Waals surface area (Å²) in [4.78, 5) is 15.8. The highest BCUT2D eigenvalue weighted by atomic mass is 32.1. The minimum Gasteiger partial charge on any atom is -0.493 e. The molecule has 1 heterocycles. The van der Waals surface area contributed by atoms with Crippen molar-refractivity contribution in [3.63, 3.8) is 0 Å². The average Bonchev–Trinajstić information content (AvgIpc) is 2.86. The van der Waals surface area contributed by atoms with E-state index in [9.17, 15) is 4.79 Å². The van der Waals surface area contributed by atoms with Crippen LogP contribution in [0.5, 0.6) is 5.75 Å². The Kier molecular flexibility index (Phi) is 4.92. The topological polar surface area (TPSA) is 59.4 Å². The predicted molar refractivity (Wildman–Crippen MR) is 73.7 cm³/mol. The third kappa shape index (κ3) is 4.71. The van der Waals surface area contributed by atoms with Crippen molar-refractivity contribution < 1.29 is 14.6 Å². The molecule has 0 aliphatic carbocycles. The van der Waals surface area contributed by atoms with Gasteiger partial charge in [0.25, 0.3) is 0 Å². The van der Waals surface area contributed by atoms with Gasteiger partial charge in [-0.1, -0.05) is 18.2 Å². The number of hydrogen-bond acceptors (Lipinski definition) is 4. The molecule has 0 bridgehead atoms. The third-order valence-corrected chi connectivity index (χ3v) is 3.63. The van der Waals surface area contributed by atoms with E-state index >= 15 is 0 Å². The molecule has 100 valence electrons. The Bertz CT molecular complexity index is 524. The smallest absolute Gasteiger partial charge is 0.303 e. The van der Waals surface area contributed by atoms with Crippen molar-refractivity contribution in [3.8, 4) is 5.75 Å². The van der Waals surface area contributed by atoms with Gasteiger partial charge in [-0.15, -0.1) is 11.3 Å². The molecule has 0 spiro atoms. The van der Waals surface area contributed by atoms with E-state index in [1.54, 1.807) is 17.5 Å². The quantitative estimate of drug-likeness (QED) is 0.845. The second kappa shape index (κ2) is 6.89. The number of hydrogen-bond donors (Lipinski definition) is 1. The number of carbonyl (C=O) groups is 1. The van der Waals surface area contributed by atoms with Crippen molar-refractivity contribution in [2.45, 2.75) is 19.3 Å². The summed E-state index contributed by atoms with van der Waals surface area (Å²) in [6.07, 6.45) is 3.20. The monoisotopic (exact) mass is 277 g/mol. The molecule has 0 saturated carbocycles. The summed E-state index contributed by atoms with van der Waals surface area (Å²) in [6, 6.07) is 9.65. The standard InChI is InChI=1S/C14H15NO3S/c16-14(17)7-6-12-10-15-13(19-12)8-9-18-11-4-2-1-3-5-11/h1-5,10H,6-9H2,(H,16,17). The van der Waals surface area contributed by atoms with Gasteiger partial charge in [0.1, 0.15) is 5.75 Å². The second-order valence-corrected chi connectivity index (χ2v) is 5.23. The molecule has 0 radical (unpaired) electrons. The molecule has 4 nitrogen and oxygen atoms in total. The molecular formula is C14H15NO3S. The second-order valence-electron chi connectivity index (χ2n) is 4.03. The fourth-order valence-corrected chi connectivity index (χ4v) is 2.49. The zero-order valence-corrected chi connectivity index (χ0v) is 11.2. The molecule has 0 saturated heterocycles. The van der Waals surface area contributed by atoms with E-state index in [1.807, 2.05) is 30.3 Å². The highest BCUT2D eigenvalue weighted by molar-refractivity contribution is 7.11. The van der Waals surface area contributed by atoms with Gasteiger partial charge in [-0.05, 0) is 18.6 Å². The molecule has 0 fully saturated rings. The number of aromatic nitrogens is 1. The lowest BCUT2D eigenvalue weighted by Crippen LogP contribution is -2.00. The van der Waals surface area contributed by atoms with Crippen LogP contribution in [0.4, 0.5) is 0 Å². The molecule has 1 aromatic carbocycles. The Morgan fingerprint density at radius 2 is 2.05 bits per heavy atom. The molecule has 19 heavy (non-hydrogen) atoms. The van der Waals surface area contributed by atoms with Gasteiger partial charge in [-0.3, -0.25) is 4.79 Å². The number of carboxylic acid groups (broad SMARTS) is 1. The van der Waals surface area contributed by atoms with Crippen LogP contribution in [0.15, 0.2) is 36.5 Å². The lowest BCUT2D eigenvalue weighted by atomic mass is 10.3. The van der Waals surface area contributed by atoms with Crippen molar-refractivity contribution in [1.29, 1.82) is 0 Å². The first-order valence-electron chi connectivity index (χ1n) is 6.07. The molecule has 0 unspecified atom stereocenters. The predicted octanol–water partition coefficient (Wildman–Crippen LogP) is 2.78. The Morgan fingerprint density at radius 3 is 2.79 bits per heavy atom. The van der Waals surface area contributed by atoms with Gasteiger partial charge in [0.15, 0.2) is 0 Å². The SMILES string of the molecule is O=C(O)CCc1cnc(CCOc2ccccc2)s1. The minimum absolute atomic E-state index is 0.155. The van der Waals surface area contributed by atoms with E-state index in [1.165, 1.54) is 0 Å². The number of aryl methyl sites for hydroxylation is 1. The molecule has 0 amide bonds. The van der Waals surface area contributed by atoms with E-state index in [-0.39, 0.29) is 6.42 Å². The first-order valence-corrected chi connectivity index (χ1v) is 6.89. The fourth-order valence-electron chi connectivity index (χ4n) is 1.58. The van der Waals surface area contributed by atoms with E-state index < -0.39 is 5.97 Å². The molecular weight excluding hydrogens is 262 g/mol. The molecule has 2 rings (SSSR count). The number of para-hydroxylation sites is 1. The van der Waals surface area contributed by atoms with Gasteiger partial charge >= 0.3 is 5.97 Å². The molecule has 5 heteroatoms. The summed E-state index contributed by atoms with van der Waals surface area (Å²) < 4.78 is 5.59. The lowest BCUT2D eigenvalue weighted by Gasteiger charge is -2.03. The normalized spacial score (nSPS) is 10.3. The van der Waals surface area contributed by atoms with Crippen molar-refractivity contribution in [1.82, 2.24) is 4.98 Å². The summed E-state index contributed by atoms with van der Waals surface area (Å²) in [6.45, 7) is 0.579. The Balaban J connectivity index is 1.76. The van der Waals surface area contributed by atoms with Crippen molar-refractivity contribution >= 4 is 17.3 Å². The van der Waals surface area contributed by atoms with Crippen molar-refractivity contribution in [3.05, 3.63) is 46.4 Å². The average molecular weight is 277 g/mol. The van der Waals surface area contributed by atoms with Gasteiger partial charge < -0.3 is 9.84 Å². The maximum absolute atomic E-state index is 10.5. The zero-order valence-electron chi connectivity index (χ0n) is 10.4. The molecule has 0 aliphatic heterocycles. The lowest BCUT2D eigenvalue weighted by molar-refractivity contribution is -0.136. The maximum Gasteiger partial charge on any atom is 0.303 e. The van der Waals surface area contributed by atoms with Crippen LogP contribution in [0.25, 0.3) is 0 Å². The van der Waals surface area contributed by atoms with Gasteiger partial charge in [0.05, 0.1) is 18.0 Å². The summed E-state index contributed by atoms with van der Waals surface area (Å²) >= 11 is 1.56. The van der Waals surface area contributed by atoms with E-state index in [0.717, 1.165) is 22.1 Å². The van der Waals surface area contributed by atoms with E-state index in [2.05, 4.69) is 4.98 Å². The summed E-state index contributed by atoms with van der Waals surface area (Å²) in [5.74, 6) is 0.0764. The zero-order chi connectivity index (χ0) is 13.5. The van der Waals surface area contributed by atoms with Crippen LogP contribution in [0, 0.1) is 0 Å². The van der Waals surface area contributed by atoms with Crippen LogP contribution in [0.3, 0.4) is 0 Å². The molecule has 0 atom stereocenters. The number of nitrogens with zero attached hydrogens (tertiary/aromatic N) is 1.